The third-order valence-corrected chi connectivity index (χ3v) is 3.29. The highest BCUT2D eigenvalue weighted by molar-refractivity contribution is 6.31. The number of likely N-dealkylation sites (N-methyl/N-ethyl adjacent to an activating group) is 1. The third kappa shape index (κ3) is 3.01. The van der Waals surface area contributed by atoms with Crippen LogP contribution in [0.5, 0.6) is 0 Å². The van der Waals surface area contributed by atoms with E-state index in [0.717, 1.165) is 5.56 Å². The van der Waals surface area contributed by atoms with Crippen molar-refractivity contribution in [3.63, 3.8) is 0 Å². The second-order valence-corrected chi connectivity index (χ2v) is 4.55. The molecule has 98 valence electrons. The maximum absolute atomic E-state index is 12.1. The molecule has 1 rings (SSSR count). The molecule has 1 atom stereocenters. The molecule has 1 unspecified atom stereocenters. The van der Waals surface area contributed by atoms with Crippen LogP contribution in [0.1, 0.15) is 29.3 Å². The number of carbonyl (C=O) groups excluding carboxylic acids is 1. The summed E-state index contributed by atoms with van der Waals surface area (Å²) in [5.41, 5.74) is 1.27. The van der Waals surface area contributed by atoms with Crippen LogP contribution in [0, 0.1) is 6.92 Å². The zero-order valence-corrected chi connectivity index (χ0v) is 11.4. The lowest BCUT2D eigenvalue weighted by atomic mass is 10.1. The third-order valence-electron chi connectivity index (χ3n) is 2.88. The molecule has 5 heteroatoms. The number of carboxylic acid groups (broad SMARTS) is 1. The summed E-state index contributed by atoms with van der Waals surface area (Å²) in [6, 6.07) is 4.13. The first kappa shape index (κ1) is 14.5. The van der Waals surface area contributed by atoms with Crippen molar-refractivity contribution in [3.8, 4) is 0 Å². The van der Waals surface area contributed by atoms with Crippen LogP contribution in [-0.4, -0.2) is 35.0 Å². The van der Waals surface area contributed by atoms with Gasteiger partial charge in [0.05, 0.1) is 0 Å². The van der Waals surface area contributed by atoms with Crippen LogP contribution in [-0.2, 0) is 4.79 Å². The van der Waals surface area contributed by atoms with Crippen LogP contribution in [0.4, 0.5) is 0 Å². The first-order chi connectivity index (χ1) is 8.38. The molecule has 0 spiro atoms. The highest BCUT2D eigenvalue weighted by Crippen LogP contribution is 2.18. The fourth-order valence-electron chi connectivity index (χ4n) is 1.69. The number of aryl methyl sites for hydroxylation is 1. The first-order valence-electron chi connectivity index (χ1n) is 5.64. The van der Waals surface area contributed by atoms with Crippen molar-refractivity contribution in [2.45, 2.75) is 26.3 Å². The molecule has 0 saturated carbocycles. The van der Waals surface area contributed by atoms with Crippen molar-refractivity contribution in [2.24, 2.45) is 0 Å². The second kappa shape index (κ2) is 5.87. The van der Waals surface area contributed by atoms with Crippen molar-refractivity contribution >= 4 is 23.5 Å². The summed E-state index contributed by atoms with van der Waals surface area (Å²) in [4.78, 5) is 24.4. The Labute approximate surface area is 111 Å². The molecule has 1 aromatic rings. The van der Waals surface area contributed by atoms with E-state index in [1.54, 1.807) is 25.1 Å². The van der Waals surface area contributed by atoms with Gasteiger partial charge < -0.3 is 10.0 Å². The normalized spacial score (nSPS) is 12.0. The molecule has 0 aromatic heterocycles. The summed E-state index contributed by atoms with van der Waals surface area (Å²) in [5.74, 6) is -1.35. The maximum Gasteiger partial charge on any atom is 0.326 e. The van der Waals surface area contributed by atoms with Gasteiger partial charge in [-0.15, -0.1) is 0 Å². The predicted molar refractivity (Wildman–Crippen MR) is 70.0 cm³/mol. The summed E-state index contributed by atoms with van der Waals surface area (Å²) in [6.07, 6.45) is 0.358. The van der Waals surface area contributed by atoms with Crippen LogP contribution < -0.4 is 0 Å². The number of hydrogen-bond acceptors (Lipinski definition) is 2. The van der Waals surface area contributed by atoms with Crippen LogP contribution in [0.3, 0.4) is 0 Å². The number of nitrogens with zero attached hydrogens (tertiary/aromatic N) is 1. The Kier molecular flexibility index (Phi) is 4.73. The zero-order valence-electron chi connectivity index (χ0n) is 10.6. The molecule has 0 fully saturated rings. The number of carbonyl (C=O) groups is 2. The average molecular weight is 270 g/mol. The van der Waals surface area contributed by atoms with Gasteiger partial charge in [-0.1, -0.05) is 24.6 Å². The highest BCUT2D eigenvalue weighted by atomic mass is 35.5. The van der Waals surface area contributed by atoms with Crippen molar-refractivity contribution in [3.05, 3.63) is 34.3 Å². The monoisotopic (exact) mass is 269 g/mol. The molecular weight excluding hydrogens is 254 g/mol. The van der Waals surface area contributed by atoms with Crippen LogP contribution in [0.2, 0.25) is 5.02 Å². The van der Waals surface area contributed by atoms with Crippen molar-refractivity contribution in [2.75, 3.05) is 7.05 Å². The largest absolute Gasteiger partial charge is 0.480 e. The van der Waals surface area contributed by atoms with Gasteiger partial charge >= 0.3 is 5.97 Å². The second-order valence-electron chi connectivity index (χ2n) is 4.14. The van der Waals surface area contributed by atoms with Crippen molar-refractivity contribution in [1.82, 2.24) is 4.90 Å². The van der Waals surface area contributed by atoms with E-state index in [1.165, 1.54) is 11.9 Å². The predicted octanol–water partition coefficient (Wildman–Crippen LogP) is 2.58. The molecule has 1 N–H and O–H groups in total. The number of amides is 1. The van der Waals surface area contributed by atoms with Gasteiger partial charge in [-0.2, -0.15) is 0 Å². The zero-order chi connectivity index (χ0) is 13.9. The van der Waals surface area contributed by atoms with E-state index in [-0.39, 0.29) is 5.91 Å². The maximum atomic E-state index is 12.1. The molecule has 0 aliphatic carbocycles. The Morgan fingerprint density at radius 3 is 2.50 bits per heavy atom. The number of aliphatic carboxylic acids is 1. The Morgan fingerprint density at radius 1 is 1.44 bits per heavy atom. The summed E-state index contributed by atoms with van der Waals surface area (Å²) in [7, 11) is 1.48. The number of hydrogen-bond donors (Lipinski definition) is 1. The topological polar surface area (TPSA) is 57.6 Å². The Morgan fingerprint density at radius 2 is 2.06 bits per heavy atom. The fourth-order valence-corrected chi connectivity index (χ4v) is 1.87. The van der Waals surface area contributed by atoms with Gasteiger partial charge in [-0.05, 0) is 31.0 Å². The van der Waals surface area contributed by atoms with E-state index in [4.69, 9.17) is 16.7 Å². The van der Waals surface area contributed by atoms with Gasteiger partial charge in [0.25, 0.3) is 5.91 Å². The van der Waals surface area contributed by atoms with Crippen molar-refractivity contribution in [1.29, 1.82) is 0 Å². The summed E-state index contributed by atoms with van der Waals surface area (Å²) in [5, 5.41) is 9.52. The van der Waals surface area contributed by atoms with Crippen molar-refractivity contribution < 1.29 is 14.7 Å². The lowest BCUT2D eigenvalue weighted by Crippen LogP contribution is -2.41. The standard InChI is InChI=1S/C13H16ClNO3/c1-4-11(13(17)18)15(3)12(16)9-6-5-8(2)10(14)7-9/h5-7,11H,4H2,1-3H3,(H,17,18). The van der Waals surface area contributed by atoms with Gasteiger partial charge in [0, 0.05) is 17.6 Å². The minimum Gasteiger partial charge on any atom is -0.480 e. The highest BCUT2D eigenvalue weighted by Gasteiger charge is 2.25. The molecule has 0 saturated heterocycles. The summed E-state index contributed by atoms with van der Waals surface area (Å²) >= 11 is 5.95. The molecule has 0 radical (unpaired) electrons. The molecule has 0 aliphatic heterocycles. The Hall–Kier alpha value is -1.55. The minimum atomic E-state index is -1.01. The SMILES string of the molecule is CCC(C(=O)O)N(C)C(=O)c1ccc(C)c(Cl)c1. The lowest BCUT2D eigenvalue weighted by molar-refractivity contribution is -0.142. The van der Waals surface area contributed by atoms with Gasteiger partial charge in [0.15, 0.2) is 0 Å². The van der Waals surface area contributed by atoms with Gasteiger partial charge in [0.2, 0.25) is 0 Å². The molecule has 1 amide bonds. The molecule has 18 heavy (non-hydrogen) atoms. The lowest BCUT2D eigenvalue weighted by Gasteiger charge is -2.23. The number of rotatable bonds is 4. The number of halogens is 1. The molecule has 0 bridgehead atoms. The molecule has 1 aromatic carbocycles. The molecule has 4 nitrogen and oxygen atoms in total. The fraction of sp³-hybridized carbons (Fsp3) is 0.385. The van der Waals surface area contributed by atoms with E-state index in [9.17, 15) is 9.59 Å². The van der Waals surface area contributed by atoms with E-state index >= 15 is 0 Å². The van der Waals surface area contributed by atoms with E-state index in [2.05, 4.69) is 0 Å². The molecule has 0 aliphatic rings. The number of carboxylic acids is 1. The average Bonchev–Trinajstić information content (AvgIpc) is 2.32. The summed E-state index contributed by atoms with van der Waals surface area (Å²) in [6.45, 7) is 3.57. The van der Waals surface area contributed by atoms with Gasteiger partial charge in [-0.3, -0.25) is 4.79 Å². The van der Waals surface area contributed by atoms with Crippen LogP contribution >= 0.6 is 11.6 Å². The van der Waals surface area contributed by atoms with Crippen LogP contribution in [0.25, 0.3) is 0 Å². The molecular formula is C13H16ClNO3. The van der Waals surface area contributed by atoms with E-state index in [0.29, 0.717) is 17.0 Å². The minimum absolute atomic E-state index is 0.342. The number of benzene rings is 1. The van der Waals surface area contributed by atoms with Crippen LogP contribution in [0.15, 0.2) is 18.2 Å². The van der Waals surface area contributed by atoms with E-state index < -0.39 is 12.0 Å². The molecule has 0 heterocycles. The summed E-state index contributed by atoms with van der Waals surface area (Å²) < 4.78 is 0. The van der Waals surface area contributed by atoms with Gasteiger partial charge in [-0.25, -0.2) is 4.79 Å². The smallest absolute Gasteiger partial charge is 0.326 e. The Bertz CT molecular complexity index is 473. The quantitative estimate of drug-likeness (QED) is 0.914. The van der Waals surface area contributed by atoms with Gasteiger partial charge in [0.1, 0.15) is 6.04 Å². The van der Waals surface area contributed by atoms with E-state index in [1.807, 2.05) is 6.92 Å². The Balaban J connectivity index is 2.99. The first-order valence-corrected chi connectivity index (χ1v) is 6.02.